The fourth-order valence-electron chi connectivity index (χ4n) is 6.48. The third-order valence-electron chi connectivity index (χ3n) is 8.88. The second-order valence-electron chi connectivity index (χ2n) is 11.9. The highest BCUT2D eigenvalue weighted by Crippen LogP contribution is 2.36. The molecule has 3 heterocycles. The number of fused-ring (bicyclic) bond motifs is 4. The Morgan fingerprint density at radius 2 is 0.896 bits per heavy atom. The SMILES string of the molecule is c1ccc(-c2cccc(-c3nc(-c4ccccc4-c4ccc5ccc6ccc(-c7ccccc7)nc6c5n4)nc4ccccc34)c2)cc1. The molecule has 0 bridgehead atoms. The van der Waals surface area contributed by atoms with Crippen LogP contribution >= 0.6 is 0 Å². The maximum Gasteiger partial charge on any atom is 0.161 e. The molecule has 0 fully saturated rings. The predicted octanol–water partition coefficient (Wildman–Crippen LogP) is 11.1. The molecule has 3 aromatic heterocycles. The van der Waals surface area contributed by atoms with Gasteiger partial charge in [0.25, 0.3) is 0 Å². The molecule has 0 N–H and O–H groups in total. The molecule has 6 aromatic carbocycles. The first-order valence-corrected chi connectivity index (χ1v) is 16.1. The van der Waals surface area contributed by atoms with E-state index < -0.39 is 0 Å². The third kappa shape index (κ3) is 4.97. The van der Waals surface area contributed by atoms with E-state index in [9.17, 15) is 0 Å². The molecule has 0 aliphatic heterocycles. The van der Waals surface area contributed by atoms with E-state index >= 15 is 0 Å². The summed E-state index contributed by atoms with van der Waals surface area (Å²) >= 11 is 0. The highest BCUT2D eigenvalue weighted by Gasteiger charge is 2.17. The average molecular weight is 613 g/mol. The lowest BCUT2D eigenvalue weighted by molar-refractivity contribution is 1.23. The molecule has 0 saturated carbocycles. The minimum absolute atomic E-state index is 0.661. The lowest BCUT2D eigenvalue weighted by atomic mass is 9.98. The van der Waals surface area contributed by atoms with Crippen molar-refractivity contribution in [3.63, 3.8) is 0 Å². The zero-order valence-corrected chi connectivity index (χ0v) is 26.0. The van der Waals surface area contributed by atoms with Crippen molar-refractivity contribution in [2.75, 3.05) is 0 Å². The number of hydrogen-bond donors (Lipinski definition) is 0. The zero-order valence-electron chi connectivity index (χ0n) is 26.0. The Hall–Kier alpha value is -6.52. The van der Waals surface area contributed by atoms with Gasteiger partial charge in [-0.25, -0.2) is 19.9 Å². The van der Waals surface area contributed by atoms with Gasteiger partial charge >= 0.3 is 0 Å². The van der Waals surface area contributed by atoms with Crippen LogP contribution in [-0.4, -0.2) is 19.9 Å². The molecular weight excluding hydrogens is 585 g/mol. The first-order chi connectivity index (χ1) is 23.8. The van der Waals surface area contributed by atoms with Crippen LogP contribution in [0.25, 0.3) is 89.0 Å². The third-order valence-corrected chi connectivity index (χ3v) is 8.88. The first-order valence-electron chi connectivity index (χ1n) is 16.1. The fraction of sp³-hybridized carbons (Fsp3) is 0. The number of aromatic nitrogens is 4. The fourth-order valence-corrected chi connectivity index (χ4v) is 6.48. The van der Waals surface area contributed by atoms with Crippen LogP contribution in [-0.2, 0) is 0 Å². The molecule has 4 heteroatoms. The summed E-state index contributed by atoms with van der Waals surface area (Å²) in [5.41, 5.74) is 11.7. The molecule has 224 valence electrons. The predicted molar refractivity (Wildman–Crippen MR) is 197 cm³/mol. The molecule has 0 aliphatic carbocycles. The van der Waals surface area contributed by atoms with Crippen LogP contribution in [0.2, 0.25) is 0 Å². The van der Waals surface area contributed by atoms with Crippen molar-refractivity contribution in [1.82, 2.24) is 19.9 Å². The van der Waals surface area contributed by atoms with Gasteiger partial charge in [0, 0.05) is 38.4 Å². The summed E-state index contributed by atoms with van der Waals surface area (Å²) in [5, 5.41) is 3.11. The number of hydrogen-bond acceptors (Lipinski definition) is 4. The standard InChI is InChI=1S/C44H28N4/c1-3-12-29(13-4-1)33-16-11-17-34(28-33)41-37-20-9-10-21-39(37)47-44(48-41)36-19-8-7-18-35(36)40-27-25-32-23-22-31-24-26-38(30-14-5-2-6-15-30)45-42(31)43(32)46-40/h1-28H. The molecule has 0 saturated heterocycles. The number of nitrogens with zero attached hydrogens (tertiary/aromatic N) is 4. The maximum absolute atomic E-state index is 5.27. The van der Waals surface area contributed by atoms with E-state index in [-0.39, 0.29) is 0 Å². The summed E-state index contributed by atoms with van der Waals surface area (Å²) in [4.78, 5) is 20.7. The van der Waals surface area contributed by atoms with Crippen LogP contribution in [0.5, 0.6) is 0 Å². The van der Waals surface area contributed by atoms with Gasteiger partial charge in [0.05, 0.1) is 33.6 Å². The van der Waals surface area contributed by atoms with Crippen LogP contribution in [0.15, 0.2) is 170 Å². The van der Waals surface area contributed by atoms with Gasteiger partial charge in [-0.15, -0.1) is 0 Å². The Morgan fingerprint density at radius 1 is 0.333 bits per heavy atom. The van der Waals surface area contributed by atoms with Gasteiger partial charge < -0.3 is 0 Å². The van der Waals surface area contributed by atoms with Gasteiger partial charge in [0.1, 0.15) is 0 Å². The van der Waals surface area contributed by atoms with E-state index in [0.29, 0.717) is 5.82 Å². The second kappa shape index (κ2) is 11.7. The summed E-state index contributed by atoms with van der Waals surface area (Å²) < 4.78 is 0. The Morgan fingerprint density at radius 3 is 1.67 bits per heavy atom. The van der Waals surface area contributed by atoms with Gasteiger partial charge in [0.15, 0.2) is 5.82 Å². The molecule has 0 atom stereocenters. The minimum atomic E-state index is 0.661. The van der Waals surface area contributed by atoms with Gasteiger partial charge in [-0.05, 0) is 35.4 Å². The van der Waals surface area contributed by atoms with Crippen molar-refractivity contribution in [3.8, 4) is 56.3 Å². The van der Waals surface area contributed by atoms with Crippen LogP contribution in [0.3, 0.4) is 0 Å². The van der Waals surface area contributed by atoms with Crippen LogP contribution in [0.1, 0.15) is 0 Å². The highest BCUT2D eigenvalue weighted by molar-refractivity contribution is 6.04. The Labute approximate surface area is 278 Å². The maximum atomic E-state index is 5.27. The van der Waals surface area contributed by atoms with E-state index in [1.807, 2.05) is 48.5 Å². The Kier molecular flexibility index (Phi) is 6.76. The molecule has 4 nitrogen and oxygen atoms in total. The van der Waals surface area contributed by atoms with E-state index in [4.69, 9.17) is 19.9 Å². The van der Waals surface area contributed by atoms with E-state index in [2.05, 4.69) is 121 Å². The van der Waals surface area contributed by atoms with Gasteiger partial charge in [-0.2, -0.15) is 0 Å². The molecule has 48 heavy (non-hydrogen) atoms. The zero-order chi connectivity index (χ0) is 31.9. The number of pyridine rings is 2. The van der Waals surface area contributed by atoms with Crippen molar-refractivity contribution in [2.24, 2.45) is 0 Å². The van der Waals surface area contributed by atoms with E-state index in [0.717, 1.165) is 77.6 Å². The topological polar surface area (TPSA) is 51.6 Å². The van der Waals surface area contributed by atoms with Crippen molar-refractivity contribution in [3.05, 3.63) is 170 Å². The average Bonchev–Trinajstić information content (AvgIpc) is 3.17. The number of rotatable bonds is 5. The summed E-state index contributed by atoms with van der Waals surface area (Å²) in [6, 6.07) is 58.5. The lowest BCUT2D eigenvalue weighted by Crippen LogP contribution is -1.98. The molecule has 9 rings (SSSR count). The van der Waals surface area contributed by atoms with Crippen molar-refractivity contribution >= 4 is 32.7 Å². The lowest BCUT2D eigenvalue weighted by Gasteiger charge is -2.13. The van der Waals surface area contributed by atoms with E-state index in [1.165, 1.54) is 5.56 Å². The molecular formula is C44H28N4. The van der Waals surface area contributed by atoms with Crippen molar-refractivity contribution < 1.29 is 0 Å². The Bertz CT molecular complexity index is 2610. The summed E-state index contributed by atoms with van der Waals surface area (Å²) in [6.45, 7) is 0. The second-order valence-corrected chi connectivity index (χ2v) is 11.9. The van der Waals surface area contributed by atoms with Crippen molar-refractivity contribution in [1.29, 1.82) is 0 Å². The largest absolute Gasteiger partial charge is 0.245 e. The summed E-state index contributed by atoms with van der Waals surface area (Å²) in [5.74, 6) is 0.661. The first kappa shape index (κ1) is 27.8. The summed E-state index contributed by atoms with van der Waals surface area (Å²) in [7, 11) is 0. The Balaban J connectivity index is 1.21. The molecule has 0 spiro atoms. The quantitative estimate of drug-likeness (QED) is 0.181. The van der Waals surface area contributed by atoms with E-state index in [1.54, 1.807) is 0 Å². The minimum Gasteiger partial charge on any atom is -0.245 e. The number of benzene rings is 6. The molecule has 0 amide bonds. The molecule has 0 unspecified atom stereocenters. The van der Waals surface area contributed by atoms with Crippen LogP contribution in [0.4, 0.5) is 0 Å². The van der Waals surface area contributed by atoms with Gasteiger partial charge in [-0.1, -0.05) is 146 Å². The number of para-hydroxylation sites is 1. The normalized spacial score (nSPS) is 11.3. The molecule has 0 radical (unpaired) electrons. The monoisotopic (exact) mass is 612 g/mol. The molecule has 0 aliphatic rings. The van der Waals surface area contributed by atoms with Gasteiger partial charge in [-0.3, -0.25) is 0 Å². The van der Waals surface area contributed by atoms with Crippen molar-refractivity contribution in [2.45, 2.75) is 0 Å². The highest BCUT2D eigenvalue weighted by atomic mass is 14.9. The summed E-state index contributed by atoms with van der Waals surface area (Å²) in [6.07, 6.45) is 0. The van der Waals surface area contributed by atoms with Crippen LogP contribution < -0.4 is 0 Å². The molecule has 9 aromatic rings. The smallest absolute Gasteiger partial charge is 0.161 e. The van der Waals surface area contributed by atoms with Crippen LogP contribution in [0, 0.1) is 0 Å². The van der Waals surface area contributed by atoms with Gasteiger partial charge in [0.2, 0.25) is 0 Å².